The number of halogens is 4. The van der Waals surface area contributed by atoms with Crippen molar-refractivity contribution in [3.63, 3.8) is 0 Å². The summed E-state index contributed by atoms with van der Waals surface area (Å²) in [7, 11) is 0. The Morgan fingerprint density at radius 1 is 0.958 bits per heavy atom. The van der Waals surface area contributed by atoms with Gasteiger partial charge in [-0.25, -0.2) is 13.2 Å². The second kappa shape index (κ2) is 7.00. The van der Waals surface area contributed by atoms with E-state index in [1.807, 2.05) is 0 Å². The molecule has 7 heteroatoms. The highest BCUT2D eigenvalue weighted by molar-refractivity contribution is 9.10. The highest BCUT2D eigenvalue weighted by Gasteiger charge is 2.08. The first-order valence-electron chi connectivity index (χ1n) is 6.91. The molecule has 1 heterocycles. The number of nitrogens with zero attached hydrogens (tertiary/aromatic N) is 2. The lowest BCUT2D eigenvalue weighted by atomic mass is 10.1. The van der Waals surface area contributed by atoms with Crippen LogP contribution in [0.2, 0.25) is 0 Å². The van der Waals surface area contributed by atoms with Crippen molar-refractivity contribution in [3.8, 4) is 0 Å². The van der Waals surface area contributed by atoms with Gasteiger partial charge in [-0.2, -0.15) is 0 Å². The van der Waals surface area contributed by atoms with Crippen molar-refractivity contribution in [2.45, 2.75) is 6.42 Å². The minimum atomic E-state index is -0.679. The lowest BCUT2D eigenvalue weighted by molar-refractivity contribution is 0.496. The summed E-state index contributed by atoms with van der Waals surface area (Å²) in [5, 5.41) is 7.71. The Kier molecular flexibility index (Phi) is 4.80. The SMILES string of the molecule is Fc1ccc(/C=C/c2nnc(Cc3ccc(F)c(Br)c3)o2)c(F)c1. The Morgan fingerprint density at radius 3 is 2.54 bits per heavy atom. The number of hydrogen-bond acceptors (Lipinski definition) is 3. The van der Waals surface area contributed by atoms with Gasteiger partial charge in [0.1, 0.15) is 17.5 Å². The largest absolute Gasteiger partial charge is 0.421 e. The summed E-state index contributed by atoms with van der Waals surface area (Å²) >= 11 is 3.11. The fourth-order valence-electron chi connectivity index (χ4n) is 2.03. The molecule has 0 spiro atoms. The topological polar surface area (TPSA) is 38.9 Å². The zero-order chi connectivity index (χ0) is 17.1. The first-order valence-corrected chi connectivity index (χ1v) is 7.70. The van der Waals surface area contributed by atoms with Gasteiger partial charge in [-0.15, -0.1) is 10.2 Å². The van der Waals surface area contributed by atoms with E-state index in [1.165, 1.54) is 24.3 Å². The quantitative estimate of drug-likeness (QED) is 0.624. The summed E-state index contributed by atoms with van der Waals surface area (Å²) in [4.78, 5) is 0. The zero-order valence-electron chi connectivity index (χ0n) is 12.1. The van der Waals surface area contributed by atoms with Gasteiger partial charge >= 0.3 is 0 Å². The molecule has 0 amide bonds. The Bertz CT molecular complexity index is 909. The van der Waals surface area contributed by atoms with E-state index in [-0.39, 0.29) is 17.3 Å². The van der Waals surface area contributed by atoms with E-state index in [9.17, 15) is 13.2 Å². The lowest BCUT2D eigenvalue weighted by Gasteiger charge is -1.99. The molecule has 24 heavy (non-hydrogen) atoms. The summed E-state index contributed by atoms with van der Waals surface area (Å²) < 4.78 is 45.3. The smallest absolute Gasteiger partial charge is 0.240 e. The molecular weight excluding hydrogens is 385 g/mol. The summed E-state index contributed by atoms with van der Waals surface area (Å²) in [6.07, 6.45) is 3.19. The maximum Gasteiger partial charge on any atom is 0.240 e. The molecule has 122 valence electrons. The molecule has 0 saturated heterocycles. The molecule has 0 aliphatic rings. The van der Waals surface area contributed by atoms with Crippen molar-refractivity contribution in [1.82, 2.24) is 10.2 Å². The molecule has 0 bridgehead atoms. The van der Waals surface area contributed by atoms with E-state index < -0.39 is 11.6 Å². The van der Waals surface area contributed by atoms with E-state index in [1.54, 1.807) is 12.1 Å². The summed E-state index contributed by atoms with van der Waals surface area (Å²) in [6.45, 7) is 0. The van der Waals surface area contributed by atoms with Crippen molar-refractivity contribution >= 4 is 28.1 Å². The van der Waals surface area contributed by atoms with Crippen LogP contribution in [0, 0.1) is 17.5 Å². The molecule has 0 aliphatic carbocycles. The fourth-order valence-corrected chi connectivity index (χ4v) is 2.45. The monoisotopic (exact) mass is 394 g/mol. The first-order chi connectivity index (χ1) is 11.5. The molecule has 0 aliphatic heterocycles. The fraction of sp³-hybridized carbons (Fsp3) is 0.0588. The summed E-state index contributed by atoms with van der Waals surface area (Å²) in [5.74, 6) is -1.14. The third kappa shape index (κ3) is 3.91. The molecule has 0 atom stereocenters. The van der Waals surface area contributed by atoms with Crippen LogP contribution in [0.3, 0.4) is 0 Å². The molecule has 3 nitrogen and oxygen atoms in total. The molecule has 2 aromatic carbocycles. The highest BCUT2D eigenvalue weighted by Crippen LogP contribution is 2.19. The van der Waals surface area contributed by atoms with Crippen LogP contribution < -0.4 is 0 Å². The van der Waals surface area contributed by atoms with E-state index >= 15 is 0 Å². The zero-order valence-corrected chi connectivity index (χ0v) is 13.7. The van der Waals surface area contributed by atoms with E-state index in [0.29, 0.717) is 16.8 Å². The Labute approximate surface area is 144 Å². The van der Waals surface area contributed by atoms with Gasteiger partial charge in [0.15, 0.2) is 0 Å². The molecule has 0 unspecified atom stereocenters. The second-order valence-electron chi connectivity index (χ2n) is 4.96. The molecule has 0 N–H and O–H groups in total. The molecular formula is C17H10BrF3N2O. The van der Waals surface area contributed by atoms with Crippen molar-refractivity contribution in [2.24, 2.45) is 0 Å². The van der Waals surface area contributed by atoms with Crippen LogP contribution in [0.5, 0.6) is 0 Å². The third-order valence-electron chi connectivity index (χ3n) is 3.19. The molecule has 3 aromatic rings. The average Bonchev–Trinajstić information content (AvgIpc) is 2.98. The molecule has 3 rings (SSSR count). The van der Waals surface area contributed by atoms with Crippen molar-refractivity contribution in [3.05, 3.63) is 81.2 Å². The van der Waals surface area contributed by atoms with Gasteiger partial charge in [0.25, 0.3) is 0 Å². The highest BCUT2D eigenvalue weighted by atomic mass is 79.9. The standard InChI is InChI=1S/C17H10BrF3N2O/c18-13-7-10(1-5-14(13)20)8-17-23-22-16(24-17)6-3-11-2-4-12(19)9-15(11)21/h1-7,9H,8H2/b6-3+. The van der Waals surface area contributed by atoms with Gasteiger partial charge in [0, 0.05) is 17.7 Å². The van der Waals surface area contributed by atoms with Gasteiger partial charge < -0.3 is 4.42 Å². The summed E-state index contributed by atoms with van der Waals surface area (Å²) in [6, 6.07) is 7.86. The lowest BCUT2D eigenvalue weighted by Crippen LogP contribution is -1.89. The Hall–Kier alpha value is -2.41. The van der Waals surface area contributed by atoms with E-state index in [4.69, 9.17) is 4.42 Å². The Morgan fingerprint density at radius 2 is 1.79 bits per heavy atom. The van der Waals surface area contributed by atoms with Crippen molar-refractivity contribution in [2.75, 3.05) is 0 Å². The van der Waals surface area contributed by atoms with Crippen LogP contribution in [-0.4, -0.2) is 10.2 Å². The van der Waals surface area contributed by atoms with Gasteiger partial charge in [-0.3, -0.25) is 0 Å². The maximum atomic E-state index is 13.5. The van der Waals surface area contributed by atoms with Gasteiger partial charge in [-0.1, -0.05) is 6.07 Å². The number of aromatic nitrogens is 2. The number of rotatable bonds is 4. The second-order valence-corrected chi connectivity index (χ2v) is 5.81. The van der Waals surface area contributed by atoms with E-state index in [0.717, 1.165) is 17.7 Å². The van der Waals surface area contributed by atoms with Crippen molar-refractivity contribution < 1.29 is 17.6 Å². The predicted octanol–water partition coefficient (Wildman–Crippen LogP) is 5.01. The minimum absolute atomic E-state index is 0.190. The van der Waals surface area contributed by atoms with Crippen LogP contribution in [0.25, 0.3) is 12.2 Å². The van der Waals surface area contributed by atoms with Crippen LogP contribution in [-0.2, 0) is 6.42 Å². The van der Waals surface area contributed by atoms with Crippen LogP contribution in [0.4, 0.5) is 13.2 Å². The first kappa shape index (κ1) is 16.4. The molecule has 0 fully saturated rings. The molecule has 1 aromatic heterocycles. The normalized spacial score (nSPS) is 11.3. The molecule has 0 saturated carbocycles. The Balaban J connectivity index is 1.73. The maximum absolute atomic E-state index is 13.5. The minimum Gasteiger partial charge on any atom is -0.421 e. The van der Waals surface area contributed by atoms with Gasteiger partial charge in [0.2, 0.25) is 11.8 Å². The van der Waals surface area contributed by atoms with Crippen LogP contribution in [0.15, 0.2) is 45.3 Å². The van der Waals surface area contributed by atoms with Crippen molar-refractivity contribution in [1.29, 1.82) is 0 Å². The third-order valence-corrected chi connectivity index (χ3v) is 3.80. The number of hydrogen-bond donors (Lipinski definition) is 0. The average molecular weight is 395 g/mol. The summed E-state index contributed by atoms with van der Waals surface area (Å²) in [5.41, 5.74) is 1.01. The van der Waals surface area contributed by atoms with E-state index in [2.05, 4.69) is 26.1 Å². The predicted molar refractivity (Wildman–Crippen MR) is 86.5 cm³/mol. The van der Waals surface area contributed by atoms with Crippen LogP contribution >= 0.6 is 15.9 Å². The van der Waals surface area contributed by atoms with Crippen LogP contribution in [0.1, 0.15) is 22.9 Å². The number of benzene rings is 2. The molecule has 0 radical (unpaired) electrons. The van der Waals surface area contributed by atoms with Gasteiger partial charge in [-0.05, 0) is 51.8 Å². The van der Waals surface area contributed by atoms with Gasteiger partial charge in [0.05, 0.1) is 10.9 Å².